The summed E-state index contributed by atoms with van der Waals surface area (Å²) in [4.78, 5) is 0.835. The van der Waals surface area contributed by atoms with Crippen molar-refractivity contribution >= 4 is 37.9 Å². The Morgan fingerprint density at radius 2 is 2.15 bits per heavy atom. The van der Waals surface area contributed by atoms with E-state index in [1.165, 1.54) is 30.6 Å². The van der Waals surface area contributed by atoms with Crippen molar-refractivity contribution in [1.82, 2.24) is 19.8 Å². The van der Waals surface area contributed by atoms with Crippen LogP contribution in [-0.4, -0.2) is 19.8 Å². The van der Waals surface area contributed by atoms with Gasteiger partial charge in [-0.3, -0.25) is 0 Å². The number of benzene rings is 1. The maximum atomic E-state index is 6.05. The number of anilines is 1. The van der Waals surface area contributed by atoms with Crippen LogP contribution in [0.3, 0.4) is 0 Å². The van der Waals surface area contributed by atoms with Crippen molar-refractivity contribution < 1.29 is 0 Å². The molecule has 20 heavy (non-hydrogen) atoms. The third-order valence-electron chi connectivity index (χ3n) is 3.73. The third-order valence-corrected chi connectivity index (χ3v) is 5.16. The lowest BCUT2D eigenvalue weighted by Gasteiger charge is -2.22. The highest BCUT2D eigenvalue weighted by Gasteiger charge is 2.26. The molecule has 7 heteroatoms. The molecule has 0 atom stereocenters. The quantitative estimate of drug-likeness (QED) is 0.719. The van der Waals surface area contributed by atoms with Gasteiger partial charge < -0.3 is 5.73 Å². The van der Waals surface area contributed by atoms with Crippen LogP contribution in [0.25, 0.3) is 15.5 Å². The summed E-state index contributed by atoms with van der Waals surface area (Å²) in [6.45, 7) is 0. The van der Waals surface area contributed by atoms with E-state index < -0.39 is 0 Å². The predicted molar refractivity (Wildman–Crippen MR) is 82.8 cm³/mol. The van der Waals surface area contributed by atoms with Crippen LogP contribution < -0.4 is 5.73 Å². The van der Waals surface area contributed by atoms with Gasteiger partial charge in [-0.25, -0.2) is 0 Å². The highest BCUT2D eigenvalue weighted by atomic mass is 79.9. The number of aromatic nitrogens is 4. The minimum Gasteiger partial charge on any atom is -0.398 e. The van der Waals surface area contributed by atoms with Gasteiger partial charge >= 0.3 is 0 Å². The molecule has 2 N–H and O–H groups in total. The smallest absolute Gasteiger partial charge is 0.234 e. The van der Waals surface area contributed by atoms with Gasteiger partial charge in [0.2, 0.25) is 4.96 Å². The molecule has 0 aliphatic heterocycles. The number of hydrogen-bond donors (Lipinski definition) is 1. The third kappa shape index (κ3) is 1.84. The zero-order valence-corrected chi connectivity index (χ0v) is 13.0. The second-order valence-corrected chi connectivity index (χ2v) is 6.89. The highest BCUT2D eigenvalue weighted by Crippen LogP contribution is 2.37. The van der Waals surface area contributed by atoms with E-state index in [1.54, 1.807) is 0 Å². The summed E-state index contributed by atoms with van der Waals surface area (Å²) in [6, 6.07) is 5.80. The van der Waals surface area contributed by atoms with Crippen LogP contribution >= 0.6 is 27.3 Å². The first-order chi connectivity index (χ1) is 9.72. The SMILES string of the molecule is Nc1ccc(Br)cc1-c1nn2c(C3CCC3)nnc2s1. The van der Waals surface area contributed by atoms with Gasteiger partial charge in [0.15, 0.2) is 5.82 Å². The Morgan fingerprint density at radius 3 is 2.90 bits per heavy atom. The minimum atomic E-state index is 0.514. The molecule has 0 amide bonds. The van der Waals surface area contributed by atoms with Gasteiger partial charge in [-0.2, -0.15) is 9.61 Å². The summed E-state index contributed by atoms with van der Waals surface area (Å²) >= 11 is 5.00. The van der Waals surface area contributed by atoms with Gasteiger partial charge in [-0.05, 0) is 31.0 Å². The zero-order valence-electron chi connectivity index (χ0n) is 10.6. The summed E-state index contributed by atoms with van der Waals surface area (Å²) < 4.78 is 2.87. The van der Waals surface area contributed by atoms with E-state index in [1.807, 2.05) is 22.7 Å². The summed E-state index contributed by atoms with van der Waals surface area (Å²) in [5.74, 6) is 1.50. The van der Waals surface area contributed by atoms with E-state index in [9.17, 15) is 0 Å². The molecule has 0 unspecified atom stereocenters. The number of nitrogens with zero attached hydrogens (tertiary/aromatic N) is 4. The maximum Gasteiger partial charge on any atom is 0.234 e. The molecule has 2 heterocycles. The van der Waals surface area contributed by atoms with Crippen molar-refractivity contribution in [3.8, 4) is 10.6 Å². The molecule has 1 fully saturated rings. The van der Waals surface area contributed by atoms with Crippen molar-refractivity contribution in [2.45, 2.75) is 25.2 Å². The van der Waals surface area contributed by atoms with Crippen LogP contribution in [0.1, 0.15) is 31.0 Å². The number of fused-ring (bicyclic) bond motifs is 1. The van der Waals surface area contributed by atoms with Gasteiger partial charge in [0, 0.05) is 21.6 Å². The molecule has 2 aromatic heterocycles. The van der Waals surface area contributed by atoms with E-state index in [4.69, 9.17) is 5.73 Å². The first-order valence-corrected chi connectivity index (χ1v) is 8.11. The molecule has 1 saturated carbocycles. The molecular weight excluding hydrogens is 338 g/mol. The van der Waals surface area contributed by atoms with Crippen LogP contribution in [0, 0.1) is 0 Å². The van der Waals surface area contributed by atoms with Crippen molar-refractivity contribution in [1.29, 1.82) is 0 Å². The predicted octanol–water partition coefficient (Wildman–Crippen LogP) is 3.47. The standard InChI is InChI=1S/C13H12BrN5S/c14-8-4-5-10(15)9(6-8)12-18-19-11(7-2-1-3-7)16-17-13(19)20-12/h4-7H,1-3,15H2. The second-order valence-electron chi connectivity index (χ2n) is 5.02. The zero-order chi connectivity index (χ0) is 13.7. The van der Waals surface area contributed by atoms with Crippen molar-refractivity contribution in [2.75, 3.05) is 5.73 Å². The Kier molecular flexibility index (Phi) is 2.78. The van der Waals surface area contributed by atoms with Crippen molar-refractivity contribution in [3.63, 3.8) is 0 Å². The lowest BCUT2D eigenvalue weighted by molar-refractivity contribution is 0.395. The number of nitrogens with two attached hydrogens (primary N) is 1. The maximum absolute atomic E-state index is 6.05. The van der Waals surface area contributed by atoms with E-state index in [2.05, 4.69) is 31.2 Å². The molecule has 4 rings (SSSR count). The Bertz CT molecular complexity index is 789. The van der Waals surface area contributed by atoms with Crippen LogP contribution in [0.15, 0.2) is 22.7 Å². The Morgan fingerprint density at radius 1 is 1.30 bits per heavy atom. The largest absolute Gasteiger partial charge is 0.398 e. The van der Waals surface area contributed by atoms with E-state index in [0.717, 1.165) is 31.5 Å². The average molecular weight is 350 g/mol. The van der Waals surface area contributed by atoms with Gasteiger partial charge in [0.1, 0.15) is 5.01 Å². The molecule has 1 aliphatic carbocycles. The minimum absolute atomic E-state index is 0.514. The summed E-state index contributed by atoms with van der Waals surface area (Å²) in [5.41, 5.74) is 7.71. The fourth-order valence-corrected chi connectivity index (χ4v) is 3.62. The number of halogens is 1. The number of rotatable bonds is 2. The first-order valence-electron chi connectivity index (χ1n) is 6.50. The molecular formula is C13H12BrN5S. The molecule has 0 radical (unpaired) electrons. The fourth-order valence-electron chi connectivity index (χ4n) is 2.38. The average Bonchev–Trinajstić information content (AvgIpc) is 2.92. The molecule has 1 aliphatic rings. The van der Waals surface area contributed by atoms with E-state index in [0.29, 0.717) is 5.92 Å². The topological polar surface area (TPSA) is 69.1 Å². The number of nitrogen functional groups attached to an aromatic ring is 1. The van der Waals surface area contributed by atoms with Crippen LogP contribution in [-0.2, 0) is 0 Å². The van der Waals surface area contributed by atoms with Gasteiger partial charge in [-0.1, -0.05) is 33.7 Å². The first kappa shape index (κ1) is 12.3. The molecule has 3 aromatic rings. The molecule has 102 valence electrons. The molecule has 0 bridgehead atoms. The monoisotopic (exact) mass is 349 g/mol. The van der Waals surface area contributed by atoms with Crippen LogP contribution in [0.4, 0.5) is 5.69 Å². The van der Waals surface area contributed by atoms with E-state index >= 15 is 0 Å². The Labute approximate surface area is 128 Å². The van der Waals surface area contributed by atoms with Gasteiger partial charge in [-0.15, -0.1) is 10.2 Å². The molecule has 0 spiro atoms. The lowest BCUT2D eigenvalue weighted by Crippen LogP contribution is -2.13. The normalized spacial score (nSPS) is 15.7. The summed E-state index contributed by atoms with van der Waals surface area (Å²) in [7, 11) is 0. The molecule has 5 nitrogen and oxygen atoms in total. The number of hydrogen-bond acceptors (Lipinski definition) is 5. The van der Waals surface area contributed by atoms with Crippen LogP contribution in [0.5, 0.6) is 0 Å². The highest BCUT2D eigenvalue weighted by molar-refractivity contribution is 9.10. The van der Waals surface area contributed by atoms with Crippen molar-refractivity contribution in [2.24, 2.45) is 0 Å². The van der Waals surface area contributed by atoms with Crippen molar-refractivity contribution in [3.05, 3.63) is 28.5 Å². The Balaban J connectivity index is 1.84. The van der Waals surface area contributed by atoms with Crippen LogP contribution in [0.2, 0.25) is 0 Å². The van der Waals surface area contributed by atoms with Gasteiger partial charge in [0.05, 0.1) is 0 Å². The summed E-state index contributed by atoms with van der Waals surface area (Å²) in [6.07, 6.45) is 3.65. The Hall–Kier alpha value is -1.47. The molecule has 1 aromatic carbocycles. The summed E-state index contributed by atoms with van der Waals surface area (Å²) in [5, 5.41) is 14.0. The second kappa shape index (κ2) is 4.53. The van der Waals surface area contributed by atoms with Gasteiger partial charge in [0.25, 0.3) is 0 Å². The van der Waals surface area contributed by atoms with E-state index in [-0.39, 0.29) is 0 Å². The fraction of sp³-hybridized carbons (Fsp3) is 0.308. The lowest BCUT2D eigenvalue weighted by atomic mass is 9.85. The molecule has 0 saturated heterocycles.